The molecule has 0 saturated carbocycles. The molecule has 3 heteroatoms. The third kappa shape index (κ3) is 2.27. The molecular weight excluding hydrogens is 231 g/mol. The van der Waals surface area contributed by atoms with E-state index in [-0.39, 0.29) is 5.16 Å². The van der Waals surface area contributed by atoms with Gasteiger partial charge in [-0.2, -0.15) is 0 Å². The molecule has 1 aromatic carbocycles. The second-order valence-electron chi connectivity index (χ2n) is 4.22. The molecule has 0 bridgehead atoms. The molecule has 14 heavy (non-hydrogen) atoms. The molecule has 1 unspecified atom stereocenters. The molecule has 0 N–H and O–H groups in total. The maximum absolute atomic E-state index is 6.80. The zero-order chi connectivity index (χ0) is 10.8. The van der Waals surface area contributed by atoms with E-state index >= 15 is 0 Å². The third-order valence-electron chi connectivity index (χ3n) is 2.20. The van der Waals surface area contributed by atoms with Gasteiger partial charge < -0.3 is 0 Å². The number of hydrogen-bond acceptors (Lipinski definition) is 1. The number of benzene rings is 1. The van der Waals surface area contributed by atoms with E-state index in [2.05, 4.69) is 51.3 Å². The number of halogens is 1. The van der Waals surface area contributed by atoms with Crippen LogP contribution in [0.1, 0.15) is 20.8 Å². The van der Waals surface area contributed by atoms with Crippen molar-refractivity contribution in [2.24, 2.45) is 0 Å². The highest BCUT2D eigenvalue weighted by Gasteiger charge is 2.51. The fourth-order valence-corrected chi connectivity index (χ4v) is 6.45. The molecule has 0 aromatic heterocycles. The van der Waals surface area contributed by atoms with Gasteiger partial charge in [-0.1, -0.05) is 18.2 Å². The second kappa shape index (κ2) is 4.43. The normalized spacial score (nSPS) is 16.4. The highest BCUT2D eigenvalue weighted by molar-refractivity contribution is 8.72. The topological polar surface area (TPSA) is 0 Å². The van der Waals surface area contributed by atoms with Crippen LogP contribution < -0.4 is 5.30 Å². The van der Waals surface area contributed by atoms with Crippen molar-refractivity contribution >= 4 is 33.7 Å². The molecule has 0 radical (unpaired) electrons. The van der Waals surface area contributed by atoms with Crippen molar-refractivity contribution in [3.8, 4) is 0 Å². The molecule has 1 atom stereocenters. The average Bonchev–Trinajstić information content (AvgIpc) is 2.16. The lowest BCUT2D eigenvalue weighted by molar-refractivity contribution is 0.793. The SMILES string of the molecule is CS[P+](Cl)(c1ccccc1)C(C)(C)C. The quantitative estimate of drug-likeness (QED) is 0.691. The number of rotatable bonds is 2. The summed E-state index contributed by atoms with van der Waals surface area (Å²) in [6.45, 7) is 6.66. The molecular formula is C11H17ClPS+. The Balaban J connectivity index is 3.15. The van der Waals surface area contributed by atoms with E-state index in [9.17, 15) is 0 Å². The van der Waals surface area contributed by atoms with Gasteiger partial charge in [-0.25, -0.2) is 0 Å². The molecule has 0 saturated heterocycles. The lowest BCUT2D eigenvalue weighted by Gasteiger charge is -2.28. The minimum absolute atomic E-state index is 0.148. The van der Waals surface area contributed by atoms with Crippen LogP contribution in [0.25, 0.3) is 0 Å². The van der Waals surface area contributed by atoms with E-state index in [1.54, 1.807) is 0 Å². The Morgan fingerprint density at radius 1 is 1.14 bits per heavy atom. The summed E-state index contributed by atoms with van der Waals surface area (Å²) in [6, 6.07) is 10.4. The van der Waals surface area contributed by atoms with E-state index in [4.69, 9.17) is 11.2 Å². The Labute approximate surface area is 96.3 Å². The summed E-state index contributed by atoms with van der Waals surface area (Å²) in [7, 11) is 0. The lowest BCUT2D eigenvalue weighted by Crippen LogP contribution is -2.22. The van der Waals surface area contributed by atoms with Crippen LogP contribution >= 0.6 is 28.4 Å². The summed E-state index contributed by atoms with van der Waals surface area (Å²) in [5.41, 5.74) is 0. The molecule has 0 aliphatic carbocycles. The van der Waals surface area contributed by atoms with Crippen LogP contribution in [0.3, 0.4) is 0 Å². The van der Waals surface area contributed by atoms with Crippen LogP contribution in [0.2, 0.25) is 0 Å². The zero-order valence-corrected chi connectivity index (χ0v) is 11.6. The highest BCUT2D eigenvalue weighted by Crippen LogP contribution is 2.79. The maximum atomic E-state index is 6.80. The third-order valence-corrected chi connectivity index (χ3v) is 12.5. The fourth-order valence-electron chi connectivity index (χ4n) is 1.39. The first kappa shape index (κ1) is 12.4. The first-order valence-corrected chi connectivity index (χ1v) is 9.14. The van der Waals surface area contributed by atoms with Crippen LogP contribution in [0.15, 0.2) is 30.3 Å². The van der Waals surface area contributed by atoms with E-state index in [0.29, 0.717) is 0 Å². The van der Waals surface area contributed by atoms with Crippen LogP contribution in [-0.4, -0.2) is 11.4 Å². The molecule has 1 aromatic rings. The Morgan fingerprint density at radius 2 is 1.64 bits per heavy atom. The first-order chi connectivity index (χ1) is 6.42. The van der Waals surface area contributed by atoms with Gasteiger partial charge in [0.2, 0.25) is 5.82 Å². The summed E-state index contributed by atoms with van der Waals surface area (Å²) in [5, 5.41) is 1.44. The summed E-state index contributed by atoms with van der Waals surface area (Å²) >= 11 is 8.61. The van der Waals surface area contributed by atoms with Gasteiger partial charge in [0.05, 0.1) is 0 Å². The summed E-state index contributed by atoms with van der Waals surface area (Å²) in [4.78, 5) is 0. The van der Waals surface area contributed by atoms with Gasteiger partial charge in [0.1, 0.15) is 21.7 Å². The Bertz CT molecular complexity index is 294. The van der Waals surface area contributed by atoms with Gasteiger partial charge >= 0.3 is 0 Å². The van der Waals surface area contributed by atoms with Crippen molar-refractivity contribution in [2.45, 2.75) is 25.9 Å². The monoisotopic (exact) mass is 247 g/mol. The van der Waals surface area contributed by atoms with E-state index in [0.717, 1.165) is 0 Å². The predicted molar refractivity (Wildman–Crippen MR) is 72.1 cm³/mol. The van der Waals surface area contributed by atoms with Crippen molar-refractivity contribution in [1.29, 1.82) is 0 Å². The fraction of sp³-hybridized carbons (Fsp3) is 0.455. The molecule has 0 nitrogen and oxygen atoms in total. The van der Waals surface area contributed by atoms with Crippen molar-refractivity contribution < 1.29 is 0 Å². The molecule has 0 spiro atoms. The van der Waals surface area contributed by atoms with Gasteiger partial charge in [-0.3, -0.25) is 0 Å². The van der Waals surface area contributed by atoms with Crippen LogP contribution in [0, 0.1) is 0 Å². The van der Waals surface area contributed by atoms with E-state index < -0.39 is 5.82 Å². The van der Waals surface area contributed by atoms with Gasteiger partial charge in [-0.15, -0.1) is 0 Å². The van der Waals surface area contributed by atoms with Crippen molar-refractivity contribution in [3.05, 3.63) is 30.3 Å². The van der Waals surface area contributed by atoms with E-state index in [1.807, 2.05) is 17.4 Å². The van der Waals surface area contributed by atoms with Gasteiger partial charge in [0.25, 0.3) is 0 Å². The molecule has 0 aliphatic heterocycles. The standard InChI is InChI=1S/C11H17ClPS/c1-11(2,3)13(12,14-4)10-8-6-5-7-9-10/h5-9H,1-4H3/q+1. The molecule has 78 valence electrons. The maximum Gasteiger partial charge on any atom is 0.208 e. The van der Waals surface area contributed by atoms with Crippen LogP contribution in [0.5, 0.6) is 0 Å². The molecule has 0 amide bonds. The molecule has 0 heterocycles. The molecule has 0 fully saturated rings. The molecule has 1 rings (SSSR count). The average molecular weight is 248 g/mol. The first-order valence-electron chi connectivity index (χ1n) is 4.62. The minimum Gasteiger partial charge on any atom is -0.0620 e. The van der Waals surface area contributed by atoms with Gasteiger partial charge in [0.15, 0.2) is 0 Å². The van der Waals surface area contributed by atoms with Crippen LogP contribution in [-0.2, 0) is 0 Å². The van der Waals surface area contributed by atoms with Gasteiger partial charge in [0, 0.05) is 17.6 Å². The summed E-state index contributed by atoms with van der Waals surface area (Å²) in [6.07, 6.45) is 2.11. The Morgan fingerprint density at radius 3 is 2.00 bits per heavy atom. The molecule has 0 aliphatic rings. The largest absolute Gasteiger partial charge is 0.208 e. The zero-order valence-electron chi connectivity index (χ0n) is 9.12. The number of hydrogen-bond donors (Lipinski definition) is 0. The highest BCUT2D eigenvalue weighted by atomic mass is 35.7. The Hall–Kier alpha value is 0.290. The Kier molecular flexibility index (Phi) is 3.91. The smallest absolute Gasteiger partial charge is 0.0620 e. The van der Waals surface area contributed by atoms with Crippen molar-refractivity contribution in [2.75, 3.05) is 6.26 Å². The van der Waals surface area contributed by atoms with Crippen molar-refractivity contribution in [1.82, 2.24) is 0 Å². The van der Waals surface area contributed by atoms with Crippen LogP contribution in [0.4, 0.5) is 0 Å². The lowest BCUT2D eigenvalue weighted by atomic mass is 10.3. The van der Waals surface area contributed by atoms with Gasteiger partial charge in [-0.05, 0) is 32.9 Å². The summed E-state index contributed by atoms with van der Waals surface area (Å²) in [5.74, 6) is -1.60. The summed E-state index contributed by atoms with van der Waals surface area (Å²) < 4.78 is 0. The van der Waals surface area contributed by atoms with E-state index in [1.165, 1.54) is 5.30 Å². The van der Waals surface area contributed by atoms with Crippen molar-refractivity contribution in [3.63, 3.8) is 0 Å². The second-order valence-corrected chi connectivity index (χ2v) is 12.4. The predicted octanol–water partition coefficient (Wildman–Crippen LogP) is 4.56. The minimum atomic E-state index is -1.60.